The van der Waals surface area contributed by atoms with Crippen LogP contribution in [0.15, 0.2) is 0 Å². The summed E-state index contributed by atoms with van der Waals surface area (Å²) in [6, 6.07) is 0. The van der Waals surface area contributed by atoms with Gasteiger partial charge in [0.15, 0.2) is 0 Å². The van der Waals surface area contributed by atoms with Gasteiger partial charge in [-0.15, -0.1) is 0 Å². The molecule has 0 aromatic heterocycles. The minimum absolute atomic E-state index is 0.184. The summed E-state index contributed by atoms with van der Waals surface area (Å²) in [5.41, 5.74) is 0. The Kier molecular flexibility index (Phi) is 7.75. The molecule has 9 heavy (non-hydrogen) atoms. The van der Waals surface area contributed by atoms with Gasteiger partial charge in [-0.2, -0.15) is 0 Å². The van der Waals surface area contributed by atoms with Gasteiger partial charge in [-0.3, -0.25) is 0 Å². The SMILES string of the molecule is OC[CH]C(CBr)CCBr. The van der Waals surface area contributed by atoms with Gasteiger partial charge in [-0.05, 0) is 18.8 Å². The average molecular weight is 259 g/mol. The van der Waals surface area contributed by atoms with Crippen molar-refractivity contribution in [3.63, 3.8) is 0 Å². The zero-order valence-corrected chi connectivity index (χ0v) is 8.36. The number of aliphatic hydroxyl groups is 1. The molecule has 0 heterocycles. The van der Waals surface area contributed by atoms with E-state index in [1.165, 1.54) is 0 Å². The fourth-order valence-electron chi connectivity index (χ4n) is 0.547. The molecule has 0 aliphatic carbocycles. The van der Waals surface area contributed by atoms with Gasteiger partial charge in [0.1, 0.15) is 0 Å². The molecule has 3 heteroatoms. The molecule has 1 unspecified atom stereocenters. The van der Waals surface area contributed by atoms with Crippen LogP contribution in [-0.4, -0.2) is 22.4 Å². The van der Waals surface area contributed by atoms with Crippen molar-refractivity contribution in [2.24, 2.45) is 5.92 Å². The molecular formula is C6H11Br2O. The van der Waals surface area contributed by atoms with Crippen molar-refractivity contribution in [3.8, 4) is 0 Å². The third-order valence-electron chi connectivity index (χ3n) is 1.12. The van der Waals surface area contributed by atoms with Crippen LogP contribution in [-0.2, 0) is 0 Å². The molecule has 1 atom stereocenters. The van der Waals surface area contributed by atoms with Crippen molar-refractivity contribution in [1.82, 2.24) is 0 Å². The van der Waals surface area contributed by atoms with Crippen molar-refractivity contribution in [2.75, 3.05) is 17.3 Å². The Hall–Kier alpha value is 0.920. The molecule has 0 aromatic carbocycles. The predicted octanol–water partition coefficient (Wildman–Crippen LogP) is 1.98. The molecule has 55 valence electrons. The lowest BCUT2D eigenvalue weighted by Gasteiger charge is -2.08. The largest absolute Gasteiger partial charge is 0.396 e. The molecule has 0 saturated carbocycles. The molecular weight excluding hydrogens is 248 g/mol. The van der Waals surface area contributed by atoms with Gasteiger partial charge in [-0.25, -0.2) is 0 Å². The van der Waals surface area contributed by atoms with Crippen molar-refractivity contribution >= 4 is 31.9 Å². The first-order valence-electron chi connectivity index (χ1n) is 2.91. The second-order valence-corrected chi connectivity index (χ2v) is 3.25. The summed E-state index contributed by atoms with van der Waals surface area (Å²) in [4.78, 5) is 0. The second-order valence-electron chi connectivity index (χ2n) is 1.81. The molecule has 0 bridgehead atoms. The zero-order valence-electron chi connectivity index (χ0n) is 5.19. The highest BCUT2D eigenvalue weighted by atomic mass is 79.9. The van der Waals surface area contributed by atoms with E-state index < -0.39 is 0 Å². The fourth-order valence-corrected chi connectivity index (χ4v) is 1.72. The van der Waals surface area contributed by atoms with Gasteiger partial charge in [0.2, 0.25) is 0 Å². The van der Waals surface area contributed by atoms with Crippen LogP contribution in [0, 0.1) is 12.3 Å². The van der Waals surface area contributed by atoms with E-state index in [4.69, 9.17) is 5.11 Å². The highest BCUT2D eigenvalue weighted by Crippen LogP contribution is 2.11. The lowest BCUT2D eigenvalue weighted by atomic mass is 10.1. The van der Waals surface area contributed by atoms with Gasteiger partial charge in [0, 0.05) is 17.3 Å². The number of hydrogen-bond acceptors (Lipinski definition) is 1. The van der Waals surface area contributed by atoms with E-state index in [0.29, 0.717) is 5.92 Å². The third-order valence-corrected chi connectivity index (χ3v) is 2.41. The van der Waals surface area contributed by atoms with Crippen LogP contribution in [0.5, 0.6) is 0 Å². The summed E-state index contributed by atoms with van der Waals surface area (Å²) in [5, 5.41) is 10.4. The van der Waals surface area contributed by atoms with Crippen LogP contribution in [0.1, 0.15) is 6.42 Å². The molecule has 0 rings (SSSR count). The highest BCUT2D eigenvalue weighted by molar-refractivity contribution is 9.09. The normalized spacial score (nSPS) is 13.7. The number of halogens is 2. The maximum Gasteiger partial charge on any atom is 0.0465 e. The number of alkyl halides is 2. The van der Waals surface area contributed by atoms with Gasteiger partial charge in [0.25, 0.3) is 0 Å². The Balaban J connectivity index is 3.18. The molecule has 0 aromatic rings. The quantitative estimate of drug-likeness (QED) is 0.748. The Labute approximate surface area is 73.1 Å². The molecule has 0 aliphatic rings. The number of aliphatic hydroxyl groups excluding tert-OH is 1. The van der Waals surface area contributed by atoms with Gasteiger partial charge in [-0.1, -0.05) is 31.9 Å². The van der Waals surface area contributed by atoms with Gasteiger partial charge >= 0.3 is 0 Å². The van der Waals surface area contributed by atoms with E-state index in [-0.39, 0.29) is 6.61 Å². The Morgan fingerprint density at radius 2 is 2.11 bits per heavy atom. The van der Waals surface area contributed by atoms with Gasteiger partial charge < -0.3 is 5.11 Å². The summed E-state index contributed by atoms with van der Waals surface area (Å²) < 4.78 is 0. The maximum atomic E-state index is 8.50. The molecule has 0 saturated heterocycles. The van der Waals surface area contributed by atoms with Crippen LogP contribution in [0.25, 0.3) is 0 Å². The maximum absolute atomic E-state index is 8.50. The van der Waals surface area contributed by atoms with E-state index in [9.17, 15) is 0 Å². The average Bonchev–Trinajstić information content (AvgIpc) is 1.88. The molecule has 0 aliphatic heterocycles. The van der Waals surface area contributed by atoms with Crippen LogP contribution in [0.3, 0.4) is 0 Å². The van der Waals surface area contributed by atoms with Crippen LogP contribution >= 0.6 is 31.9 Å². The van der Waals surface area contributed by atoms with E-state index >= 15 is 0 Å². The van der Waals surface area contributed by atoms with Crippen LogP contribution in [0.4, 0.5) is 0 Å². The van der Waals surface area contributed by atoms with Crippen molar-refractivity contribution in [2.45, 2.75) is 6.42 Å². The molecule has 0 spiro atoms. The first-order chi connectivity index (χ1) is 4.35. The van der Waals surface area contributed by atoms with Gasteiger partial charge in [0.05, 0.1) is 0 Å². The lowest BCUT2D eigenvalue weighted by Crippen LogP contribution is -2.05. The number of hydrogen-bond donors (Lipinski definition) is 1. The molecule has 1 N–H and O–H groups in total. The minimum atomic E-state index is 0.184. The van der Waals surface area contributed by atoms with E-state index in [0.717, 1.165) is 17.1 Å². The molecule has 1 nitrogen and oxygen atoms in total. The molecule has 0 amide bonds. The first kappa shape index (κ1) is 9.92. The third kappa shape index (κ3) is 5.37. The van der Waals surface area contributed by atoms with Crippen molar-refractivity contribution in [3.05, 3.63) is 6.42 Å². The Morgan fingerprint density at radius 1 is 1.44 bits per heavy atom. The van der Waals surface area contributed by atoms with Crippen LogP contribution in [0.2, 0.25) is 0 Å². The van der Waals surface area contributed by atoms with E-state index in [1.807, 2.05) is 6.42 Å². The summed E-state index contributed by atoms with van der Waals surface area (Å²) in [6.07, 6.45) is 3.00. The summed E-state index contributed by atoms with van der Waals surface area (Å²) in [6.45, 7) is 0.184. The summed E-state index contributed by atoms with van der Waals surface area (Å²) >= 11 is 6.69. The molecule has 1 radical (unpaired) electrons. The molecule has 0 fully saturated rings. The zero-order chi connectivity index (χ0) is 7.11. The van der Waals surface area contributed by atoms with Crippen molar-refractivity contribution in [1.29, 1.82) is 0 Å². The van der Waals surface area contributed by atoms with E-state index in [2.05, 4.69) is 31.9 Å². The topological polar surface area (TPSA) is 20.2 Å². The van der Waals surface area contributed by atoms with Crippen LogP contribution < -0.4 is 0 Å². The lowest BCUT2D eigenvalue weighted by molar-refractivity contribution is 0.312. The smallest absolute Gasteiger partial charge is 0.0465 e. The predicted molar refractivity (Wildman–Crippen MR) is 47.1 cm³/mol. The summed E-state index contributed by atoms with van der Waals surface area (Å²) in [7, 11) is 0. The fraction of sp³-hybridized carbons (Fsp3) is 0.833. The van der Waals surface area contributed by atoms with Crippen molar-refractivity contribution < 1.29 is 5.11 Å². The highest BCUT2D eigenvalue weighted by Gasteiger charge is 2.04. The monoisotopic (exact) mass is 257 g/mol. The Morgan fingerprint density at radius 3 is 2.44 bits per heavy atom. The standard InChI is InChI=1S/C6H11Br2O/c7-3-1-6(5-8)2-4-9/h2,6,9H,1,3-5H2. The second kappa shape index (κ2) is 7.03. The summed E-state index contributed by atoms with van der Waals surface area (Å²) in [5.74, 6) is 0.509. The first-order valence-corrected chi connectivity index (χ1v) is 5.15. The van der Waals surface area contributed by atoms with E-state index in [1.54, 1.807) is 0 Å². The Bertz CT molecular complexity index is 53.0. The number of rotatable bonds is 5. The minimum Gasteiger partial charge on any atom is -0.396 e.